The Bertz CT molecular complexity index is 1410. The number of hydrogen-bond donors (Lipinski definition) is 3. The van der Waals surface area contributed by atoms with Gasteiger partial charge in [0.2, 0.25) is 16.0 Å². The van der Waals surface area contributed by atoms with Crippen LogP contribution in [0.2, 0.25) is 0 Å². The van der Waals surface area contributed by atoms with Gasteiger partial charge in [-0.1, -0.05) is 0 Å². The standard InChI is InChI=1S/C27H36FN6O5PS/c1-3-38-40(35,39-4-2)20-17-29-22-14-18-34(19-15-22)41(36,37)25-11-9-24(10-12-25)32-27-30-16-13-26(33-27)31-23-7-5-21(28)6-8-23/h5-13,16,22,29H,3-4,14-15,17-20H2,1-2H3,(H2,30,31,32,33). The Morgan fingerprint density at radius 3 is 2.20 bits per heavy atom. The number of piperidine rings is 1. The van der Waals surface area contributed by atoms with Crippen LogP contribution in [-0.2, 0) is 23.6 Å². The molecule has 3 aromatic rings. The van der Waals surface area contributed by atoms with Gasteiger partial charge >= 0.3 is 7.60 Å². The molecule has 0 bridgehead atoms. The van der Waals surface area contributed by atoms with Crippen molar-refractivity contribution in [3.63, 3.8) is 0 Å². The summed E-state index contributed by atoms with van der Waals surface area (Å²) in [6.07, 6.45) is 3.14. The van der Waals surface area contributed by atoms with Crippen LogP contribution in [0.25, 0.3) is 0 Å². The van der Waals surface area contributed by atoms with Gasteiger partial charge in [-0.2, -0.15) is 9.29 Å². The SMILES string of the molecule is CCOP(=O)(CCNC1CCN(S(=O)(=O)c2ccc(Nc3nccc(Nc4ccc(F)cc4)n3)cc2)CC1)OCC. The molecule has 2 heterocycles. The van der Waals surface area contributed by atoms with Crippen LogP contribution in [0, 0.1) is 5.82 Å². The van der Waals surface area contributed by atoms with Gasteiger partial charge < -0.3 is 25.0 Å². The number of hydrogen-bond acceptors (Lipinski definition) is 10. The van der Waals surface area contributed by atoms with Gasteiger partial charge in [0, 0.05) is 43.2 Å². The van der Waals surface area contributed by atoms with Crippen LogP contribution in [0.5, 0.6) is 0 Å². The van der Waals surface area contributed by atoms with Crippen LogP contribution in [-0.4, -0.2) is 67.7 Å². The summed E-state index contributed by atoms with van der Waals surface area (Å²) >= 11 is 0. The normalized spacial score (nSPS) is 15.1. The Labute approximate surface area is 240 Å². The third-order valence-electron chi connectivity index (χ3n) is 6.44. The highest BCUT2D eigenvalue weighted by Crippen LogP contribution is 2.47. The Morgan fingerprint density at radius 2 is 1.56 bits per heavy atom. The first-order valence-corrected chi connectivity index (χ1v) is 16.7. The first-order valence-electron chi connectivity index (χ1n) is 13.5. The molecular weight excluding hydrogens is 570 g/mol. The minimum atomic E-state index is -3.65. The van der Waals surface area contributed by atoms with E-state index in [1.165, 1.54) is 16.4 Å². The fraction of sp³-hybridized carbons (Fsp3) is 0.407. The number of nitrogens with zero attached hydrogens (tertiary/aromatic N) is 3. The molecule has 0 atom stereocenters. The zero-order valence-corrected chi connectivity index (χ0v) is 24.8. The molecule has 222 valence electrons. The van der Waals surface area contributed by atoms with Gasteiger partial charge in [0.1, 0.15) is 11.6 Å². The van der Waals surface area contributed by atoms with Gasteiger partial charge in [0.15, 0.2) is 0 Å². The third kappa shape index (κ3) is 8.78. The molecule has 0 amide bonds. The van der Waals surface area contributed by atoms with Gasteiger partial charge in [-0.05, 0) is 81.3 Å². The van der Waals surface area contributed by atoms with E-state index in [0.29, 0.717) is 68.8 Å². The molecular formula is C27H36FN6O5PS. The minimum absolute atomic E-state index is 0.123. The molecule has 41 heavy (non-hydrogen) atoms. The third-order valence-corrected chi connectivity index (χ3v) is 10.4. The second-order valence-corrected chi connectivity index (χ2v) is 13.5. The Kier molecular flexibility index (Phi) is 10.8. The van der Waals surface area contributed by atoms with Crippen molar-refractivity contribution in [2.24, 2.45) is 0 Å². The van der Waals surface area contributed by atoms with Crippen LogP contribution in [0.3, 0.4) is 0 Å². The molecule has 14 heteroatoms. The number of rotatable bonds is 14. The predicted molar refractivity (Wildman–Crippen MR) is 157 cm³/mol. The minimum Gasteiger partial charge on any atom is -0.340 e. The van der Waals surface area contributed by atoms with Crippen LogP contribution in [0.15, 0.2) is 65.7 Å². The maximum absolute atomic E-state index is 13.3. The second-order valence-electron chi connectivity index (χ2n) is 9.35. The van der Waals surface area contributed by atoms with Gasteiger partial charge in [0.05, 0.1) is 24.3 Å². The monoisotopic (exact) mass is 606 g/mol. The van der Waals surface area contributed by atoms with E-state index in [4.69, 9.17) is 9.05 Å². The second kappa shape index (κ2) is 14.3. The molecule has 2 aromatic carbocycles. The quantitative estimate of drug-likeness (QED) is 0.213. The number of nitrogens with one attached hydrogen (secondary N) is 3. The summed E-state index contributed by atoms with van der Waals surface area (Å²) in [5, 5.41) is 9.52. The van der Waals surface area contributed by atoms with Crippen molar-refractivity contribution >= 4 is 40.8 Å². The molecule has 0 unspecified atom stereocenters. The van der Waals surface area contributed by atoms with Crippen molar-refractivity contribution in [3.05, 3.63) is 66.6 Å². The van der Waals surface area contributed by atoms with Crippen LogP contribution in [0.1, 0.15) is 26.7 Å². The average Bonchev–Trinajstić information content (AvgIpc) is 2.95. The molecule has 1 fully saturated rings. The summed E-state index contributed by atoms with van der Waals surface area (Å²) in [5.74, 6) is 0.512. The first kappa shape index (κ1) is 31.0. The van der Waals surface area contributed by atoms with Crippen molar-refractivity contribution in [2.75, 3.05) is 49.6 Å². The van der Waals surface area contributed by atoms with E-state index in [-0.39, 0.29) is 22.9 Å². The summed E-state index contributed by atoms with van der Waals surface area (Å²) in [5.41, 5.74) is 1.31. The zero-order valence-electron chi connectivity index (χ0n) is 23.1. The molecule has 1 aliphatic heterocycles. The predicted octanol–water partition coefficient (Wildman–Crippen LogP) is 5.11. The molecule has 0 radical (unpaired) electrons. The van der Waals surface area contributed by atoms with E-state index >= 15 is 0 Å². The molecule has 0 aliphatic carbocycles. The van der Waals surface area contributed by atoms with Crippen LogP contribution >= 0.6 is 7.60 Å². The number of anilines is 4. The lowest BCUT2D eigenvalue weighted by molar-refractivity contribution is 0.219. The van der Waals surface area contributed by atoms with Gasteiger partial charge in [-0.15, -0.1) is 0 Å². The van der Waals surface area contributed by atoms with E-state index in [0.717, 1.165) is 0 Å². The van der Waals surface area contributed by atoms with Crippen LogP contribution < -0.4 is 16.0 Å². The molecule has 3 N–H and O–H groups in total. The molecule has 4 rings (SSSR count). The highest BCUT2D eigenvalue weighted by atomic mass is 32.2. The van der Waals surface area contributed by atoms with Crippen molar-refractivity contribution in [3.8, 4) is 0 Å². The van der Waals surface area contributed by atoms with Crippen molar-refractivity contribution in [2.45, 2.75) is 37.6 Å². The summed E-state index contributed by atoms with van der Waals surface area (Å²) in [4.78, 5) is 8.82. The molecule has 0 spiro atoms. The van der Waals surface area contributed by atoms with Crippen molar-refractivity contribution in [1.82, 2.24) is 19.6 Å². The lowest BCUT2D eigenvalue weighted by Crippen LogP contribution is -2.45. The number of halogens is 1. The first-order chi connectivity index (χ1) is 19.7. The molecule has 1 saturated heterocycles. The van der Waals surface area contributed by atoms with Gasteiger partial charge in [0.25, 0.3) is 0 Å². The summed E-state index contributed by atoms with van der Waals surface area (Å²) < 4.78 is 64.4. The number of sulfonamides is 1. The Hall–Kier alpha value is -2.93. The maximum atomic E-state index is 13.3. The molecule has 1 aliphatic rings. The molecule has 0 saturated carbocycles. The number of aromatic nitrogens is 2. The average molecular weight is 607 g/mol. The van der Waals surface area contributed by atoms with E-state index in [1.54, 1.807) is 62.5 Å². The fourth-order valence-corrected chi connectivity index (χ4v) is 7.42. The summed E-state index contributed by atoms with van der Waals surface area (Å²) in [6.45, 7) is 5.44. The van der Waals surface area contributed by atoms with Crippen molar-refractivity contribution in [1.29, 1.82) is 0 Å². The van der Waals surface area contributed by atoms with E-state index in [1.807, 2.05) is 0 Å². The highest BCUT2D eigenvalue weighted by molar-refractivity contribution is 7.89. The Balaban J connectivity index is 1.28. The summed E-state index contributed by atoms with van der Waals surface area (Å²) in [7, 11) is -6.76. The van der Waals surface area contributed by atoms with Gasteiger partial charge in [-0.25, -0.2) is 17.8 Å². The summed E-state index contributed by atoms with van der Waals surface area (Å²) in [6, 6.07) is 14.2. The van der Waals surface area contributed by atoms with Gasteiger partial charge in [-0.3, -0.25) is 4.57 Å². The largest absolute Gasteiger partial charge is 0.340 e. The van der Waals surface area contributed by atoms with Crippen LogP contribution in [0.4, 0.5) is 27.5 Å². The smallest absolute Gasteiger partial charge is 0.331 e. The zero-order chi connectivity index (χ0) is 29.3. The number of benzene rings is 2. The molecule has 1 aromatic heterocycles. The van der Waals surface area contributed by atoms with E-state index in [9.17, 15) is 17.4 Å². The van der Waals surface area contributed by atoms with Crippen molar-refractivity contribution < 1.29 is 26.4 Å². The topological polar surface area (TPSA) is 135 Å². The molecule has 11 nitrogen and oxygen atoms in total. The van der Waals surface area contributed by atoms with E-state index < -0.39 is 17.6 Å². The van der Waals surface area contributed by atoms with E-state index in [2.05, 4.69) is 25.9 Å². The lowest BCUT2D eigenvalue weighted by Gasteiger charge is -2.32. The maximum Gasteiger partial charge on any atom is 0.331 e. The Morgan fingerprint density at radius 1 is 0.951 bits per heavy atom. The highest BCUT2D eigenvalue weighted by Gasteiger charge is 2.30. The fourth-order valence-electron chi connectivity index (χ4n) is 4.42. The lowest BCUT2D eigenvalue weighted by atomic mass is 10.1.